The lowest BCUT2D eigenvalue weighted by atomic mass is 10.3. The van der Waals surface area contributed by atoms with Gasteiger partial charge in [-0.2, -0.15) is 8.42 Å². The molecule has 0 saturated carbocycles. The van der Waals surface area contributed by atoms with Gasteiger partial charge in [-0.25, -0.2) is 9.97 Å². The molecule has 8 heteroatoms. The van der Waals surface area contributed by atoms with Crippen LogP contribution >= 0.6 is 0 Å². The smallest absolute Gasteiger partial charge is 0.328 e. The molecule has 0 fully saturated rings. The Hall–Kier alpha value is -1.93. The van der Waals surface area contributed by atoms with Crippen LogP contribution in [-0.2, 0) is 10.1 Å². The van der Waals surface area contributed by atoms with Crippen LogP contribution in [0.2, 0.25) is 0 Å². The second-order valence-electron chi connectivity index (χ2n) is 3.73. The van der Waals surface area contributed by atoms with Gasteiger partial charge in [-0.3, -0.25) is 4.55 Å². The molecule has 1 aromatic carbocycles. The number of hydrogen-bond acceptors (Lipinski definition) is 4. The minimum atomic E-state index is -4.31. The van der Waals surface area contributed by atoms with Gasteiger partial charge in [0.1, 0.15) is 5.82 Å². The highest BCUT2D eigenvalue weighted by Crippen LogP contribution is 2.20. The zero-order valence-electron chi connectivity index (χ0n) is 8.72. The first kappa shape index (κ1) is 10.2. The number of nitrogens with zero attached hydrogens (tertiary/aromatic N) is 2. The molecule has 2 heterocycles. The second kappa shape index (κ2) is 3.05. The molecule has 0 aliphatic heterocycles. The lowest BCUT2D eigenvalue weighted by Gasteiger charge is -1.87. The average Bonchev–Trinajstić information content (AvgIpc) is 2.73. The molecule has 88 valence electrons. The van der Waals surface area contributed by atoms with Gasteiger partial charge < -0.3 is 9.97 Å². The van der Waals surface area contributed by atoms with E-state index in [1.807, 2.05) is 6.92 Å². The Kier molecular flexibility index (Phi) is 1.84. The van der Waals surface area contributed by atoms with Crippen LogP contribution in [0.3, 0.4) is 0 Å². The highest BCUT2D eigenvalue weighted by atomic mass is 32.2. The zero-order chi connectivity index (χ0) is 12.2. The van der Waals surface area contributed by atoms with E-state index in [-0.39, 0.29) is 0 Å². The number of rotatable bonds is 1. The average molecular weight is 252 g/mol. The fourth-order valence-electron chi connectivity index (χ4n) is 1.74. The first-order valence-corrected chi connectivity index (χ1v) is 6.21. The molecule has 0 atom stereocenters. The third-order valence-corrected chi connectivity index (χ3v) is 3.11. The van der Waals surface area contributed by atoms with Gasteiger partial charge in [0.25, 0.3) is 5.16 Å². The summed E-state index contributed by atoms with van der Waals surface area (Å²) in [6, 6.07) is 3.35. The number of aryl methyl sites for hydroxylation is 1. The Bertz CT molecular complexity index is 780. The molecular formula is C9H8N4O3S. The fourth-order valence-corrected chi connectivity index (χ4v) is 2.19. The van der Waals surface area contributed by atoms with E-state index < -0.39 is 15.3 Å². The molecule has 0 unspecified atom stereocenters. The van der Waals surface area contributed by atoms with Crippen molar-refractivity contribution in [1.82, 2.24) is 19.9 Å². The predicted molar refractivity (Wildman–Crippen MR) is 60.3 cm³/mol. The monoisotopic (exact) mass is 252 g/mol. The highest BCUT2D eigenvalue weighted by molar-refractivity contribution is 7.85. The minimum Gasteiger partial charge on any atom is -0.342 e. The molecule has 17 heavy (non-hydrogen) atoms. The molecule has 0 saturated heterocycles. The van der Waals surface area contributed by atoms with Crippen molar-refractivity contribution in [3.05, 3.63) is 18.0 Å². The van der Waals surface area contributed by atoms with Gasteiger partial charge in [0.15, 0.2) is 0 Å². The summed E-state index contributed by atoms with van der Waals surface area (Å²) in [6.07, 6.45) is 0. The Morgan fingerprint density at radius 1 is 1.12 bits per heavy atom. The van der Waals surface area contributed by atoms with Crippen molar-refractivity contribution in [2.24, 2.45) is 0 Å². The van der Waals surface area contributed by atoms with Crippen LogP contribution < -0.4 is 0 Å². The molecule has 0 aliphatic rings. The van der Waals surface area contributed by atoms with Gasteiger partial charge in [-0.15, -0.1) is 0 Å². The van der Waals surface area contributed by atoms with Crippen molar-refractivity contribution in [3.8, 4) is 0 Å². The maximum absolute atomic E-state index is 10.9. The first-order chi connectivity index (χ1) is 7.93. The summed E-state index contributed by atoms with van der Waals surface area (Å²) >= 11 is 0. The Morgan fingerprint density at radius 3 is 2.47 bits per heavy atom. The standard InChI is InChI=1S/C9H8N4O3S/c1-4-10-5-2-7-8(3-6(5)11-4)13-9(12-7)17(14,15)16/h2-3H,1H3,(H,10,11)(H,12,13)(H,14,15,16). The summed E-state index contributed by atoms with van der Waals surface area (Å²) in [5.41, 5.74) is 2.44. The van der Waals surface area contributed by atoms with E-state index in [1.165, 1.54) is 0 Å². The van der Waals surface area contributed by atoms with E-state index in [4.69, 9.17) is 4.55 Å². The van der Waals surface area contributed by atoms with Crippen molar-refractivity contribution >= 4 is 32.2 Å². The van der Waals surface area contributed by atoms with E-state index in [0.29, 0.717) is 16.6 Å². The van der Waals surface area contributed by atoms with Gasteiger partial charge in [0.2, 0.25) is 0 Å². The van der Waals surface area contributed by atoms with Crippen LogP contribution in [0.4, 0.5) is 0 Å². The molecule has 3 N–H and O–H groups in total. The molecule has 0 amide bonds. The summed E-state index contributed by atoms with van der Waals surface area (Å²) in [7, 11) is -4.31. The summed E-state index contributed by atoms with van der Waals surface area (Å²) in [6.45, 7) is 1.82. The number of H-pyrrole nitrogens is 2. The summed E-state index contributed by atoms with van der Waals surface area (Å²) in [5.74, 6) is 0.766. The number of imidazole rings is 2. The maximum Gasteiger partial charge on any atom is 0.328 e. The zero-order valence-corrected chi connectivity index (χ0v) is 9.54. The number of benzene rings is 1. The number of fused-ring (bicyclic) bond motifs is 2. The van der Waals surface area contributed by atoms with Gasteiger partial charge >= 0.3 is 10.1 Å². The van der Waals surface area contributed by atoms with E-state index in [9.17, 15) is 8.42 Å². The van der Waals surface area contributed by atoms with E-state index in [0.717, 1.165) is 11.3 Å². The Morgan fingerprint density at radius 2 is 1.76 bits per heavy atom. The van der Waals surface area contributed by atoms with Crippen molar-refractivity contribution in [2.75, 3.05) is 0 Å². The number of nitrogens with one attached hydrogen (secondary N) is 2. The SMILES string of the molecule is Cc1nc2cc3nc(S(=O)(=O)O)[nH]c3cc2[nH]1. The van der Waals surface area contributed by atoms with Crippen LogP contribution in [0.15, 0.2) is 17.3 Å². The molecule has 3 aromatic rings. The Balaban J connectivity index is 2.37. The number of hydrogen-bond donors (Lipinski definition) is 3. The Labute approximate surface area is 95.6 Å². The first-order valence-electron chi connectivity index (χ1n) is 4.77. The minimum absolute atomic E-state index is 0.441. The largest absolute Gasteiger partial charge is 0.342 e. The third kappa shape index (κ3) is 1.58. The quantitative estimate of drug-likeness (QED) is 0.559. The van der Waals surface area contributed by atoms with Crippen LogP contribution in [0.25, 0.3) is 22.1 Å². The molecule has 3 rings (SSSR count). The van der Waals surface area contributed by atoms with Crippen LogP contribution in [0.1, 0.15) is 5.82 Å². The van der Waals surface area contributed by atoms with Crippen molar-refractivity contribution < 1.29 is 13.0 Å². The van der Waals surface area contributed by atoms with Crippen molar-refractivity contribution in [2.45, 2.75) is 12.1 Å². The van der Waals surface area contributed by atoms with E-state index in [2.05, 4.69) is 19.9 Å². The second-order valence-corrected chi connectivity index (χ2v) is 5.06. The van der Waals surface area contributed by atoms with E-state index >= 15 is 0 Å². The summed E-state index contributed by atoms with van der Waals surface area (Å²) in [4.78, 5) is 13.6. The van der Waals surface area contributed by atoms with E-state index in [1.54, 1.807) is 12.1 Å². The molecule has 7 nitrogen and oxygen atoms in total. The number of aromatic nitrogens is 4. The predicted octanol–water partition coefficient (Wildman–Crippen LogP) is 0.994. The topological polar surface area (TPSA) is 112 Å². The molecule has 0 aliphatic carbocycles. The normalized spacial score (nSPS) is 12.6. The highest BCUT2D eigenvalue weighted by Gasteiger charge is 2.16. The molecule has 0 bridgehead atoms. The maximum atomic E-state index is 10.9. The third-order valence-electron chi connectivity index (χ3n) is 2.43. The van der Waals surface area contributed by atoms with Crippen LogP contribution in [-0.4, -0.2) is 32.9 Å². The van der Waals surface area contributed by atoms with Gasteiger partial charge in [-0.05, 0) is 19.1 Å². The van der Waals surface area contributed by atoms with Gasteiger partial charge in [-0.1, -0.05) is 0 Å². The fraction of sp³-hybridized carbons (Fsp3) is 0.111. The van der Waals surface area contributed by atoms with Gasteiger partial charge in [0, 0.05) is 0 Å². The van der Waals surface area contributed by atoms with Crippen LogP contribution in [0, 0.1) is 6.92 Å². The number of aromatic amines is 2. The van der Waals surface area contributed by atoms with Crippen LogP contribution in [0.5, 0.6) is 0 Å². The lowest BCUT2D eigenvalue weighted by Crippen LogP contribution is -1.99. The molecular weight excluding hydrogens is 244 g/mol. The molecule has 0 radical (unpaired) electrons. The molecule has 0 spiro atoms. The van der Waals surface area contributed by atoms with Crippen molar-refractivity contribution in [3.63, 3.8) is 0 Å². The summed E-state index contributed by atoms with van der Waals surface area (Å²) < 4.78 is 30.7. The lowest BCUT2D eigenvalue weighted by molar-refractivity contribution is 0.476. The van der Waals surface area contributed by atoms with Gasteiger partial charge in [0.05, 0.1) is 22.1 Å². The summed E-state index contributed by atoms with van der Waals surface area (Å²) in [5, 5.41) is -0.461. The van der Waals surface area contributed by atoms with Crippen molar-refractivity contribution in [1.29, 1.82) is 0 Å². The molecule has 2 aromatic heterocycles.